The molecule has 4 rings (SSSR count). The molecular formula is C17H19BrN4O2. The van der Waals surface area contributed by atoms with E-state index in [1.807, 2.05) is 25.2 Å². The Bertz CT molecular complexity index is 801. The van der Waals surface area contributed by atoms with Crippen LogP contribution in [0.3, 0.4) is 0 Å². The van der Waals surface area contributed by atoms with Gasteiger partial charge in [-0.05, 0) is 43.9 Å². The van der Waals surface area contributed by atoms with Crippen molar-refractivity contribution in [3.05, 3.63) is 39.0 Å². The molecule has 24 heavy (non-hydrogen) atoms. The molecule has 2 aliphatic rings. The number of aromatic nitrogens is 1. The number of nitrogens with one attached hydrogen (secondary N) is 1. The van der Waals surface area contributed by atoms with Gasteiger partial charge in [0.25, 0.3) is 0 Å². The van der Waals surface area contributed by atoms with Gasteiger partial charge in [0.05, 0.1) is 10.4 Å². The van der Waals surface area contributed by atoms with Gasteiger partial charge in [-0.3, -0.25) is 10.1 Å². The summed E-state index contributed by atoms with van der Waals surface area (Å²) in [4.78, 5) is 17.7. The molecule has 1 aromatic carbocycles. The normalized spacial score (nSPS) is 25.8. The molecule has 2 atom stereocenters. The van der Waals surface area contributed by atoms with Crippen molar-refractivity contribution in [1.29, 1.82) is 0 Å². The number of pyridine rings is 1. The molecule has 2 bridgehead atoms. The molecule has 0 spiro atoms. The molecular weight excluding hydrogens is 372 g/mol. The fraction of sp³-hybridized carbons (Fsp3) is 0.471. The van der Waals surface area contributed by atoms with Gasteiger partial charge in [-0.1, -0.05) is 15.9 Å². The Kier molecular flexibility index (Phi) is 3.92. The Labute approximate surface area is 148 Å². The first-order valence-corrected chi connectivity index (χ1v) is 9.04. The molecule has 1 N–H and O–H groups in total. The average molecular weight is 391 g/mol. The number of rotatable bonds is 3. The number of nitro groups is 1. The largest absolute Gasteiger partial charge is 0.365 e. The fourth-order valence-electron chi connectivity index (χ4n) is 4.17. The lowest BCUT2D eigenvalue weighted by atomic mass is 9.97. The first-order valence-electron chi connectivity index (χ1n) is 8.24. The number of benzene rings is 1. The second kappa shape index (κ2) is 5.97. The zero-order valence-electron chi connectivity index (χ0n) is 13.4. The first kappa shape index (κ1) is 15.8. The summed E-state index contributed by atoms with van der Waals surface area (Å²) in [5.74, 6) is 0. The number of halogens is 1. The molecule has 0 aliphatic carbocycles. The molecule has 3 heterocycles. The van der Waals surface area contributed by atoms with Gasteiger partial charge in [-0.25, -0.2) is 4.98 Å². The smallest absolute Gasteiger partial charge is 0.311 e. The van der Waals surface area contributed by atoms with Crippen LogP contribution in [0.25, 0.3) is 10.9 Å². The second-order valence-electron chi connectivity index (χ2n) is 6.78. The molecule has 2 saturated heterocycles. The number of nitrogens with zero attached hydrogens (tertiary/aromatic N) is 3. The number of fused-ring (bicyclic) bond motifs is 3. The van der Waals surface area contributed by atoms with Crippen molar-refractivity contribution in [3.8, 4) is 0 Å². The molecule has 1 aromatic heterocycles. The highest BCUT2D eigenvalue weighted by Gasteiger charge is 2.37. The van der Waals surface area contributed by atoms with Gasteiger partial charge in [-0.2, -0.15) is 0 Å². The second-order valence-corrected chi connectivity index (χ2v) is 7.70. The first-order chi connectivity index (χ1) is 11.5. The summed E-state index contributed by atoms with van der Waals surface area (Å²) in [5.41, 5.74) is 1.54. The van der Waals surface area contributed by atoms with Crippen LogP contribution in [0.1, 0.15) is 25.7 Å². The van der Waals surface area contributed by atoms with Crippen molar-refractivity contribution in [2.75, 3.05) is 11.9 Å². The number of hydrogen-bond acceptors (Lipinski definition) is 5. The van der Waals surface area contributed by atoms with Crippen LogP contribution in [0.2, 0.25) is 0 Å². The molecule has 2 aromatic rings. The molecule has 0 amide bonds. The van der Waals surface area contributed by atoms with Crippen molar-refractivity contribution in [3.63, 3.8) is 0 Å². The number of hydrogen-bond donors (Lipinski definition) is 1. The van der Waals surface area contributed by atoms with Gasteiger partial charge in [0.15, 0.2) is 0 Å². The summed E-state index contributed by atoms with van der Waals surface area (Å²) in [6.07, 6.45) is 5.86. The van der Waals surface area contributed by atoms with E-state index in [2.05, 4.69) is 31.1 Å². The van der Waals surface area contributed by atoms with Crippen LogP contribution in [0.5, 0.6) is 0 Å². The van der Waals surface area contributed by atoms with E-state index in [0.717, 1.165) is 28.2 Å². The highest BCUT2D eigenvalue weighted by Crippen LogP contribution is 2.39. The molecule has 0 radical (unpaired) electrons. The van der Waals surface area contributed by atoms with Crippen molar-refractivity contribution in [1.82, 2.24) is 10.3 Å². The lowest BCUT2D eigenvalue weighted by Gasteiger charge is -2.37. The van der Waals surface area contributed by atoms with Gasteiger partial charge in [-0.15, -0.1) is 0 Å². The van der Waals surface area contributed by atoms with Gasteiger partial charge < -0.3 is 10.2 Å². The van der Waals surface area contributed by atoms with E-state index < -0.39 is 0 Å². The molecule has 6 nitrogen and oxygen atoms in total. The molecule has 0 saturated carbocycles. The highest BCUT2D eigenvalue weighted by molar-refractivity contribution is 9.10. The van der Waals surface area contributed by atoms with E-state index >= 15 is 0 Å². The Balaban J connectivity index is 1.82. The Hall–Kier alpha value is -1.73. The van der Waals surface area contributed by atoms with Crippen molar-refractivity contribution in [2.24, 2.45) is 0 Å². The predicted octanol–water partition coefficient (Wildman–Crippen LogP) is 3.62. The monoisotopic (exact) mass is 390 g/mol. The SMILES string of the molecule is CN(c1c([N+](=O)[O-])cnc2ccc(Br)cc12)C1CC2CCC(C1)N2. The van der Waals surface area contributed by atoms with Crippen LogP contribution in [0.15, 0.2) is 28.9 Å². The van der Waals surface area contributed by atoms with E-state index in [-0.39, 0.29) is 10.6 Å². The summed E-state index contributed by atoms with van der Waals surface area (Å²) in [7, 11) is 1.98. The average Bonchev–Trinajstić information content (AvgIpc) is 2.90. The minimum atomic E-state index is -0.325. The lowest BCUT2D eigenvalue weighted by Crippen LogP contribution is -2.47. The van der Waals surface area contributed by atoms with Crippen molar-refractivity contribution in [2.45, 2.75) is 43.8 Å². The summed E-state index contributed by atoms with van der Waals surface area (Å²) in [6, 6.07) is 7.12. The topological polar surface area (TPSA) is 71.3 Å². The predicted molar refractivity (Wildman–Crippen MR) is 97.5 cm³/mol. The van der Waals surface area contributed by atoms with E-state index in [9.17, 15) is 10.1 Å². The van der Waals surface area contributed by atoms with Crippen molar-refractivity contribution >= 4 is 38.2 Å². The van der Waals surface area contributed by atoms with Gasteiger partial charge >= 0.3 is 5.69 Å². The van der Waals surface area contributed by atoms with E-state index in [4.69, 9.17) is 0 Å². The summed E-state index contributed by atoms with van der Waals surface area (Å²) >= 11 is 3.48. The van der Waals surface area contributed by atoms with Gasteiger partial charge in [0, 0.05) is 35.0 Å². The third-order valence-electron chi connectivity index (χ3n) is 5.33. The zero-order valence-corrected chi connectivity index (χ0v) is 15.0. The quantitative estimate of drug-likeness (QED) is 0.639. The van der Waals surface area contributed by atoms with Crippen molar-refractivity contribution < 1.29 is 4.92 Å². The molecule has 2 fully saturated rings. The third-order valence-corrected chi connectivity index (χ3v) is 5.82. The van der Waals surface area contributed by atoms with Crippen LogP contribution in [-0.2, 0) is 0 Å². The van der Waals surface area contributed by atoms with Gasteiger partial charge in [0.2, 0.25) is 0 Å². The highest BCUT2D eigenvalue weighted by atomic mass is 79.9. The minimum absolute atomic E-state index is 0.0778. The Morgan fingerprint density at radius 2 is 2.04 bits per heavy atom. The van der Waals surface area contributed by atoms with E-state index in [0.29, 0.717) is 23.8 Å². The van der Waals surface area contributed by atoms with Crippen LogP contribution < -0.4 is 10.2 Å². The maximum Gasteiger partial charge on any atom is 0.311 e. The minimum Gasteiger partial charge on any atom is -0.365 e. The van der Waals surface area contributed by atoms with Crippen LogP contribution >= 0.6 is 15.9 Å². The summed E-state index contributed by atoms with van der Waals surface area (Å²) < 4.78 is 0.900. The fourth-order valence-corrected chi connectivity index (χ4v) is 4.53. The van der Waals surface area contributed by atoms with Crippen LogP contribution in [-0.4, -0.2) is 35.1 Å². The molecule has 2 aliphatic heterocycles. The molecule has 126 valence electrons. The maximum absolute atomic E-state index is 11.6. The molecule has 7 heteroatoms. The Morgan fingerprint density at radius 3 is 2.71 bits per heavy atom. The van der Waals surface area contributed by atoms with E-state index in [1.54, 1.807) is 0 Å². The lowest BCUT2D eigenvalue weighted by molar-refractivity contribution is -0.384. The van der Waals surface area contributed by atoms with Gasteiger partial charge in [0.1, 0.15) is 11.9 Å². The zero-order chi connectivity index (χ0) is 16.8. The number of piperidine rings is 1. The Morgan fingerprint density at radius 1 is 1.33 bits per heavy atom. The summed E-state index contributed by atoms with van der Waals surface area (Å²) in [6.45, 7) is 0. The maximum atomic E-state index is 11.6. The third kappa shape index (κ3) is 2.65. The van der Waals surface area contributed by atoms with Crippen LogP contribution in [0, 0.1) is 10.1 Å². The van der Waals surface area contributed by atoms with Crippen LogP contribution in [0.4, 0.5) is 11.4 Å². The van der Waals surface area contributed by atoms with E-state index in [1.165, 1.54) is 19.0 Å². The standard InChI is InChI=1S/C17H19BrN4O2/c1-21(13-7-11-3-4-12(8-13)20-11)17-14-6-10(18)2-5-15(14)19-9-16(17)22(23)24/h2,5-6,9,11-13,20H,3-4,7-8H2,1H3. The molecule has 2 unspecified atom stereocenters. The number of anilines is 1. The summed E-state index contributed by atoms with van der Waals surface area (Å²) in [5, 5.41) is 16.0.